The first kappa shape index (κ1) is 10.1. The molecule has 14 heavy (non-hydrogen) atoms. The highest BCUT2D eigenvalue weighted by molar-refractivity contribution is 5.73. The molecule has 0 heterocycles. The molecule has 0 fully saturated rings. The molecule has 0 spiro atoms. The maximum atomic E-state index is 13.2. The normalized spacial score (nSPS) is 10.0. The van der Waals surface area contributed by atoms with Crippen LogP contribution in [-0.2, 0) is 11.2 Å². The van der Waals surface area contributed by atoms with Crippen LogP contribution in [0.15, 0.2) is 24.3 Å². The predicted molar refractivity (Wildman–Crippen MR) is 50.8 cm³/mol. The van der Waals surface area contributed by atoms with Gasteiger partial charge in [-0.05, 0) is 17.7 Å². The van der Waals surface area contributed by atoms with E-state index in [2.05, 4.69) is 0 Å². The number of halogens is 1. The van der Waals surface area contributed by atoms with Crippen LogP contribution >= 0.6 is 0 Å². The summed E-state index contributed by atoms with van der Waals surface area (Å²) >= 11 is 0. The Labute approximate surface area is 81.3 Å². The van der Waals surface area contributed by atoms with Gasteiger partial charge in [0.1, 0.15) is 12.1 Å². The monoisotopic (exact) mass is 189 g/mol. The Kier molecular flexibility index (Phi) is 3.57. The number of nitrogens with zero attached hydrogens (tertiary/aromatic N) is 1. The van der Waals surface area contributed by atoms with Crippen LogP contribution in [0.25, 0.3) is 6.08 Å². The summed E-state index contributed by atoms with van der Waals surface area (Å²) < 4.78 is 13.2. The number of aldehydes is 1. The standard InChI is InChI=1S/C11H8FNO/c12-11-8-9(2-1-7-14)3-4-10(11)5-6-13/h1-4,7-8H,5H2. The lowest BCUT2D eigenvalue weighted by molar-refractivity contribution is -0.104. The average molecular weight is 189 g/mol. The van der Waals surface area contributed by atoms with Crippen molar-refractivity contribution in [3.05, 3.63) is 41.2 Å². The maximum Gasteiger partial charge on any atom is 0.142 e. The number of hydrogen-bond donors (Lipinski definition) is 0. The number of nitriles is 1. The molecule has 70 valence electrons. The third-order valence-electron chi connectivity index (χ3n) is 1.71. The number of carbonyl (C=O) groups is 1. The summed E-state index contributed by atoms with van der Waals surface area (Å²) in [5.41, 5.74) is 0.979. The zero-order chi connectivity index (χ0) is 10.4. The van der Waals surface area contributed by atoms with Crippen LogP contribution in [0.1, 0.15) is 11.1 Å². The van der Waals surface area contributed by atoms with E-state index in [1.165, 1.54) is 18.2 Å². The van der Waals surface area contributed by atoms with Crippen LogP contribution in [0.3, 0.4) is 0 Å². The molecule has 0 aromatic heterocycles. The van der Waals surface area contributed by atoms with E-state index in [4.69, 9.17) is 5.26 Å². The summed E-state index contributed by atoms with van der Waals surface area (Å²) in [6.07, 6.45) is 3.48. The van der Waals surface area contributed by atoms with Gasteiger partial charge >= 0.3 is 0 Å². The summed E-state index contributed by atoms with van der Waals surface area (Å²) in [7, 11) is 0. The van der Waals surface area contributed by atoms with Crippen LogP contribution in [0.5, 0.6) is 0 Å². The minimum atomic E-state index is -0.417. The number of hydrogen-bond acceptors (Lipinski definition) is 2. The van der Waals surface area contributed by atoms with E-state index in [9.17, 15) is 9.18 Å². The van der Waals surface area contributed by atoms with Crippen LogP contribution in [0, 0.1) is 17.1 Å². The Hall–Kier alpha value is -1.95. The number of benzene rings is 1. The van der Waals surface area contributed by atoms with E-state index in [-0.39, 0.29) is 6.42 Å². The number of rotatable bonds is 3. The van der Waals surface area contributed by atoms with Crippen molar-refractivity contribution < 1.29 is 9.18 Å². The molecule has 1 aromatic rings. The van der Waals surface area contributed by atoms with Gasteiger partial charge in [0.15, 0.2) is 0 Å². The van der Waals surface area contributed by atoms with E-state index in [0.29, 0.717) is 17.4 Å². The summed E-state index contributed by atoms with van der Waals surface area (Å²) in [6, 6.07) is 6.38. The highest BCUT2D eigenvalue weighted by atomic mass is 19.1. The van der Waals surface area contributed by atoms with Gasteiger partial charge in [-0.1, -0.05) is 18.2 Å². The van der Waals surface area contributed by atoms with Gasteiger partial charge in [0, 0.05) is 5.56 Å². The van der Waals surface area contributed by atoms with Crippen molar-refractivity contribution in [2.24, 2.45) is 0 Å². The quantitative estimate of drug-likeness (QED) is 0.539. The molecule has 0 aliphatic carbocycles. The van der Waals surface area contributed by atoms with Gasteiger partial charge in [0.2, 0.25) is 0 Å². The van der Waals surface area contributed by atoms with Gasteiger partial charge < -0.3 is 0 Å². The average Bonchev–Trinajstić information content (AvgIpc) is 2.19. The molecule has 0 radical (unpaired) electrons. The molecule has 2 nitrogen and oxygen atoms in total. The molecule has 0 unspecified atom stereocenters. The molecule has 3 heteroatoms. The fourth-order valence-electron chi connectivity index (χ4n) is 1.05. The highest BCUT2D eigenvalue weighted by Gasteiger charge is 2.00. The first-order valence-electron chi connectivity index (χ1n) is 4.05. The van der Waals surface area contributed by atoms with Crippen molar-refractivity contribution in [1.82, 2.24) is 0 Å². The second-order valence-electron chi connectivity index (χ2n) is 2.68. The van der Waals surface area contributed by atoms with Gasteiger partial charge in [-0.25, -0.2) is 4.39 Å². The van der Waals surface area contributed by atoms with Crippen molar-refractivity contribution in [2.45, 2.75) is 6.42 Å². The van der Waals surface area contributed by atoms with E-state index in [1.54, 1.807) is 12.1 Å². The molecular formula is C11H8FNO. The van der Waals surface area contributed by atoms with Gasteiger partial charge in [0.05, 0.1) is 12.5 Å². The molecule has 0 amide bonds. The minimum absolute atomic E-state index is 0.0590. The molecule has 1 rings (SSSR count). The summed E-state index contributed by atoms with van der Waals surface area (Å²) in [5, 5.41) is 8.38. The van der Waals surface area contributed by atoms with Crippen LogP contribution in [0.2, 0.25) is 0 Å². The lowest BCUT2D eigenvalue weighted by atomic mass is 10.1. The Morgan fingerprint density at radius 3 is 2.86 bits per heavy atom. The Morgan fingerprint density at radius 1 is 1.50 bits per heavy atom. The summed E-state index contributed by atoms with van der Waals surface area (Å²) in [5.74, 6) is -0.417. The van der Waals surface area contributed by atoms with Crippen molar-refractivity contribution >= 4 is 12.4 Å². The van der Waals surface area contributed by atoms with E-state index >= 15 is 0 Å². The largest absolute Gasteiger partial charge is 0.299 e. The molecule has 0 aliphatic heterocycles. The fourth-order valence-corrected chi connectivity index (χ4v) is 1.05. The second-order valence-corrected chi connectivity index (χ2v) is 2.68. The predicted octanol–water partition coefficient (Wildman–Crippen LogP) is 2.10. The Bertz CT molecular complexity index is 404. The molecule has 0 saturated heterocycles. The Morgan fingerprint density at radius 2 is 2.29 bits per heavy atom. The SMILES string of the molecule is N#CCc1ccc(C=CC=O)cc1F. The zero-order valence-corrected chi connectivity index (χ0v) is 7.40. The zero-order valence-electron chi connectivity index (χ0n) is 7.40. The van der Waals surface area contributed by atoms with Crippen LogP contribution in [-0.4, -0.2) is 6.29 Å². The molecule has 0 bridgehead atoms. The maximum absolute atomic E-state index is 13.2. The fraction of sp³-hybridized carbons (Fsp3) is 0.0909. The van der Waals surface area contributed by atoms with Crippen LogP contribution < -0.4 is 0 Å². The molecule has 0 saturated carbocycles. The molecule has 0 N–H and O–H groups in total. The third kappa shape index (κ3) is 2.53. The minimum Gasteiger partial charge on any atom is -0.299 e. The van der Waals surface area contributed by atoms with E-state index in [1.807, 2.05) is 6.07 Å². The van der Waals surface area contributed by atoms with Gasteiger partial charge in [0.25, 0.3) is 0 Å². The summed E-state index contributed by atoms with van der Waals surface area (Å²) in [4.78, 5) is 10.0. The molecule has 0 aliphatic rings. The summed E-state index contributed by atoms with van der Waals surface area (Å²) in [6.45, 7) is 0. The second kappa shape index (κ2) is 4.93. The Balaban J connectivity index is 2.95. The van der Waals surface area contributed by atoms with Crippen LogP contribution in [0.4, 0.5) is 4.39 Å². The third-order valence-corrected chi connectivity index (χ3v) is 1.71. The van der Waals surface area contributed by atoms with Gasteiger partial charge in [-0.2, -0.15) is 5.26 Å². The topological polar surface area (TPSA) is 40.9 Å². The first-order chi connectivity index (χ1) is 6.77. The smallest absolute Gasteiger partial charge is 0.142 e. The van der Waals surface area contributed by atoms with Gasteiger partial charge in [-0.3, -0.25) is 4.79 Å². The van der Waals surface area contributed by atoms with E-state index in [0.717, 1.165) is 0 Å². The number of allylic oxidation sites excluding steroid dienone is 1. The van der Waals surface area contributed by atoms with Crippen molar-refractivity contribution in [2.75, 3.05) is 0 Å². The molecule has 1 aromatic carbocycles. The first-order valence-corrected chi connectivity index (χ1v) is 4.05. The van der Waals surface area contributed by atoms with Gasteiger partial charge in [-0.15, -0.1) is 0 Å². The lowest BCUT2D eigenvalue weighted by Gasteiger charge is -1.98. The lowest BCUT2D eigenvalue weighted by Crippen LogP contribution is -1.88. The van der Waals surface area contributed by atoms with Crippen molar-refractivity contribution in [3.8, 4) is 6.07 Å². The van der Waals surface area contributed by atoms with Crippen molar-refractivity contribution in [1.29, 1.82) is 5.26 Å². The molecule has 0 atom stereocenters. The number of carbonyl (C=O) groups excluding carboxylic acids is 1. The highest BCUT2D eigenvalue weighted by Crippen LogP contribution is 2.11. The van der Waals surface area contributed by atoms with Crippen molar-refractivity contribution in [3.63, 3.8) is 0 Å². The molecular weight excluding hydrogens is 181 g/mol. The van der Waals surface area contributed by atoms with E-state index < -0.39 is 5.82 Å².